The average molecular weight is 272 g/mol. The van der Waals surface area contributed by atoms with Crippen molar-refractivity contribution >= 4 is 5.91 Å². The molecule has 3 N–H and O–H groups in total. The van der Waals surface area contributed by atoms with Gasteiger partial charge in [-0.1, -0.05) is 20.8 Å². The Morgan fingerprint density at radius 1 is 1.47 bits per heavy atom. The summed E-state index contributed by atoms with van der Waals surface area (Å²) < 4.78 is 5.55. The van der Waals surface area contributed by atoms with Crippen molar-refractivity contribution in [2.24, 2.45) is 17.1 Å². The Balaban J connectivity index is 2.68. The lowest BCUT2D eigenvalue weighted by molar-refractivity contribution is -0.151. The fourth-order valence-corrected chi connectivity index (χ4v) is 2.59. The van der Waals surface area contributed by atoms with Gasteiger partial charge >= 0.3 is 0 Å². The van der Waals surface area contributed by atoms with Gasteiger partial charge in [0.1, 0.15) is 0 Å². The molecule has 0 radical (unpaired) electrons. The van der Waals surface area contributed by atoms with Gasteiger partial charge in [-0.05, 0) is 18.8 Å². The highest BCUT2D eigenvalue weighted by atomic mass is 16.5. The molecule has 5 heteroatoms. The van der Waals surface area contributed by atoms with E-state index < -0.39 is 0 Å². The first-order valence-electron chi connectivity index (χ1n) is 7.02. The number of hydrogen-bond donors (Lipinski definition) is 2. The zero-order chi connectivity index (χ0) is 14.6. The quantitative estimate of drug-likeness (QED) is 0.786. The van der Waals surface area contributed by atoms with E-state index in [4.69, 9.17) is 10.5 Å². The van der Waals surface area contributed by atoms with Gasteiger partial charge in [-0.15, -0.1) is 0 Å². The Morgan fingerprint density at radius 2 is 2.11 bits per heavy atom. The van der Waals surface area contributed by atoms with Crippen LogP contribution in [-0.2, 0) is 9.53 Å². The maximum absolute atomic E-state index is 12.5. The van der Waals surface area contributed by atoms with E-state index in [-0.39, 0.29) is 36.1 Å². The number of aliphatic hydroxyl groups is 1. The molecule has 1 saturated heterocycles. The highest BCUT2D eigenvalue weighted by Gasteiger charge is 2.33. The predicted octanol–water partition coefficient (Wildman–Crippen LogP) is 0.606. The molecule has 0 spiro atoms. The fourth-order valence-electron chi connectivity index (χ4n) is 2.59. The van der Waals surface area contributed by atoms with Crippen LogP contribution in [0.25, 0.3) is 0 Å². The summed E-state index contributed by atoms with van der Waals surface area (Å²) in [7, 11) is 0. The van der Waals surface area contributed by atoms with Crippen LogP contribution in [0.3, 0.4) is 0 Å². The lowest BCUT2D eigenvalue weighted by Gasteiger charge is -2.38. The summed E-state index contributed by atoms with van der Waals surface area (Å²) in [6.45, 7) is 9.61. The minimum atomic E-state index is -0.277. The molecule has 0 aromatic carbocycles. The second kappa shape index (κ2) is 6.68. The van der Waals surface area contributed by atoms with Gasteiger partial charge in [0.05, 0.1) is 24.7 Å². The second-order valence-corrected chi connectivity index (χ2v) is 6.69. The largest absolute Gasteiger partial charge is 0.394 e. The minimum absolute atomic E-state index is 0.0390. The van der Waals surface area contributed by atoms with Crippen LogP contribution in [0.2, 0.25) is 0 Å². The molecule has 1 fully saturated rings. The van der Waals surface area contributed by atoms with Crippen molar-refractivity contribution < 1.29 is 14.6 Å². The third-order valence-electron chi connectivity index (χ3n) is 3.33. The minimum Gasteiger partial charge on any atom is -0.394 e. The Morgan fingerprint density at radius 3 is 2.58 bits per heavy atom. The number of aliphatic hydroxyl groups excluding tert-OH is 1. The van der Waals surface area contributed by atoms with Crippen LogP contribution in [-0.4, -0.2) is 54.4 Å². The van der Waals surface area contributed by atoms with Crippen LogP contribution in [0.5, 0.6) is 0 Å². The molecule has 1 amide bonds. The number of amides is 1. The van der Waals surface area contributed by atoms with Crippen molar-refractivity contribution in [3.05, 3.63) is 0 Å². The summed E-state index contributed by atoms with van der Waals surface area (Å²) in [5, 5.41) is 9.20. The van der Waals surface area contributed by atoms with Crippen molar-refractivity contribution in [3.8, 4) is 0 Å². The molecule has 0 aromatic heterocycles. The molecule has 1 aliphatic heterocycles. The molecule has 19 heavy (non-hydrogen) atoms. The smallest absolute Gasteiger partial charge is 0.227 e. The normalized spacial score (nSPS) is 26.3. The van der Waals surface area contributed by atoms with Gasteiger partial charge in [0.2, 0.25) is 5.91 Å². The van der Waals surface area contributed by atoms with Crippen LogP contribution in [0.1, 0.15) is 34.1 Å². The molecule has 3 unspecified atom stereocenters. The van der Waals surface area contributed by atoms with E-state index in [1.165, 1.54) is 0 Å². The Hall–Kier alpha value is -0.650. The molecule has 1 rings (SSSR count). The average Bonchev–Trinajstić information content (AvgIpc) is 2.33. The van der Waals surface area contributed by atoms with E-state index in [1.54, 1.807) is 4.90 Å². The first-order valence-corrected chi connectivity index (χ1v) is 7.02. The van der Waals surface area contributed by atoms with Crippen LogP contribution in [0.4, 0.5) is 0 Å². The summed E-state index contributed by atoms with van der Waals surface area (Å²) in [5.41, 5.74) is 5.84. The molecule has 112 valence electrons. The van der Waals surface area contributed by atoms with E-state index in [2.05, 4.69) is 20.8 Å². The van der Waals surface area contributed by atoms with E-state index in [1.807, 2.05) is 6.92 Å². The molecule has 0 aliphatic carbocycles. The summed E-state index contributed by atoms with van der Waals surface area (Å²) in [5.74, 6) is -0.0596. The number of nitrogens with two attached hydrogens (primary N) is 1. The highest BCUT2D eigenvalue weighted by Crippen LogP contribution is 2.26. The molecule has 1 heterocycles. The van der Waals surface area contributed by atoms with Gasteiger partial charge in [-0.3, -0.25) is 4.79 Å². The highest BCUT2D eigenvalue weighted by molar-refractivity contribution is 5.79. The molecular formula is C14H28N2O3. The number of ether oxygens (including phenoxy) is 1. The first-order chi connectivity index (χ1) is 8.76. The van der Waals surface area contributed by atoms with Crippen molar-refractivity contribution in [1.82, 2.24) is 4.90 Å². The number of hydrogen-bond acceptors (Lipinski definition) is 4. The lowest BCUT2D eigenvalue weighted by atomic mass is 9.84. The summed E-state index contributed by atoms with van der Waals surface area (Å²) >= 11 is 0. The third-order valence-corrected chi connectivity index (χ3v) is 3.33. The molecule has 3 atom stereocenters. The van der Waals surface area contributed by atoms with Gasteiger partial charge in [0.15, 0.2) is 0 Å². The van der Waals surface area contributed by atoms with Crippen LogP contribution in [0, 0.1) is 11.3 Å². The molecule has 1 aliphatic rings. The third kappa shape index (κ3) is 5.09. The Labute approximate surface area is 116 Å². The van der Waals surface area contributed by atoms with Gasteiger partial charge in [0, 0.05) is 19.6 Å². The first kappa shape index (κ1) is 16.4. The Kier molecular flexibility index (Phi) is 5.77. The number of morpholine rings is 1. The monoisotopic (exact) mass is 272 g/mol. The second-order valence-electron chi connectivity index (χ2n) is 6.69. The summed E-state index contributed by atoms with van der Waals surface area (Å²) in [6.07, 6.45) is 0.460. The van der Waals surface area contributed by atoms with Gasteiger partial charge in [0.25, 0.3) is 0 Å². The topological polar surface area (TPSA) is 75.8 Å². The maximum Gasteiger partial charge on any atom is 0.227 e. The summed E-state index contributed by atoms with van der Waals surface area (Å²) in [6, 6.07) is 0. The van der Waals surface area contributed by atoms with E-state index >= 15 is 0 Å². The van der Waals surface area contributed by atoms with E-state index in [0.29, 0.717) is 19.6 Å². The fraction of sp³-hybridized carbons (Fsp3) is 0.929. The van der Waals surface area contributed by atoms with Crippen LogP contribution < -0.4 is 5.73 Å². The lowest BCUT2D eigenvalue weighted by Crippen LogP contribution is -2.53. The number of rotatable bonds is 4. The number of nitrogens with zero attached hydrogens (tertiary/aromatic N) is 1. The van der Waals surface area contributed by atoms with Crippen LogP contribution >= 0.6 is 0 Å². The maximum atomic E-state index is 12.5. The zero-order valence-electron chi connectivity index (χ0n) is 12.6. The molecular weight excluding hydrogens is 244 g/mol. The predicted molar refractivity (Wildman–Crippen MR) is 74.6 cm³/mol. The van der Waals surface area contributed by atoms with Gasteiger partial charge in [-0.2, -0.15) is 0 Å². The molecule has 0 saturated carbocycles. The van der Waals surface area contributed by atoms with Crippen molar-refractivity contribution in [1.29, 1.82) is 0 Å². The van der Waals surface area contributed by atoms with Gasteiger partial charge in [-0.25, -0.2) is 0 Å². The molecule has 0 aromatic rings. The van der Waals surface area contributed by atoms with Crippen molar-refractivity contribution in [3.63, 3.8) is 0 Å². The molecule has 5 nitrogen and oxygen atoms in total. The Bertz CT molecular complexity index is 302. The number of carbonyl (C=O) groups is 1. The summed E-state index contributed by atoms with van der Waals surface area (Å²) in [4.78, 5) is 14.3. The van der Waals surface area contributed by atoms with E-state index in [9.17, 15) is 9.90 Å². The molecule has 0 bridgehead atoms. The van der Waals surface area contributed by atoms with Crippen molar-refractivity contribution in [2.75, 3.05) is 26.2 Å². The SMILES string of the molecule is CC1CN(C(=O)C(CN)CC(C)(C)C)CC(CO)O1. The number of carbonyl (C=O) groups excluding carboxylic acids is 1. The van der Waals surface area contributed by atoms with Crippen molar-refractivity contribution in [2.45, 2.75) is 46.3 Å². The van der Waals surface area contributed by atoms with E-state index in [0.717, 1.165) is 6.42 Å². The standard InChI is InChI=1S/C14H28N2O3/c1-10-7-16(8-12(9-17)19-10)13(18)11(6-15)5-14(2,3)4/h10-12,17H,5-9,15H2,1-4H3. The van der Waals surface area contributed by atoms with Gasteiger partial charge < -0.3 is 20.5 Å². The zero-order valence-corrected chi connectivity index (χ0v) is 12.6. The van der Waals surface area contributed by atoms with Crippen LogP contribution in [0.15, 0.2) is 0 Å².